The van der Waals surface area contributed by atoms with E-state index < -0.39 is 29.3 Å². The molecule has 0 saturated carbocycles. The molecular formula is C38H49F2N3O4. The third-order valence-electron chi connectivity index (χ3n) is 9.35. The minimum Gasteiger partial charge on any atom is -0.491 e. The molecular weight excluding hydrogens is 600 g/mol. The fourth-order valence-corrected chi connectivity index (χ4v) is 6.86. The number of aryl methyl sites for hydroxylation is 2. The molecule has 3 heterocycles. The molecule has 0 spiro atoms. The second kappa shape index (κ2) is 13.5. The number of carboxylic acid groups (broad SMARTS) is 1. The van der Waals surface area contributed by atoms with Crippen molar-refractivity contribution in [2.24, 2.45) is 5.41 Å². The van der Waals surface area contributed by atoms with Crippen LogP contribution < -0.4 is 9.64 Å². The molecule has 1 N–H and O–H groups in total. The van der Waals surface area contributed by atoms with E-state index in [1.165, 1.54) is 11.6 Å². The summed E-state index contributed by atoms with van der Waals surface area (Å²) in [5.41, 5.74) is 7.24. The number of ether oxygens (including phenoxy) is 2. The Balaban J connectivity index is 1.53. The number of carbonyl (C=O) groups is 1. The number of halogens is 2. The molecule has 0 radical (unpaired) electrons. The van der Waals surface area contributed by atoms with E-state index >= 15 is 0 Å². The van der Waals surface area contributed by atoms with Gasteiger partial charge in [-0.2, -0.15) is 0 Å². The van der Waals surface area contributed by atoms with Gasteiger partial charge in [0.05, 0.1) is 17.9 Å². The van der Waals surface area contributed by atoms with E-state index in [2.05, 4.69) is 41.8 Å². The van der Waals surface area contributed by atoms with Gasteiger partial charge in [0.25, 0.3) is 0 Å². The van der Waals surface area contributed by atoms with Gasteiger partial charge >= 0.3 is 5.97 Å². The number of aromatic nitrogens is 1. The molecule has 1 aromatic heterocycles. The standard InChI is InChI=1S/C38H49F2N3O4/c1-9-46-31-19-28(29(39)20-30(31)40)22-42-15-12-25-18-26(10-11-27(25)21-42)32-23(2)41-24(3)33(35(36(44)45)47-37(4,5)6)34(32)43-16-13-38(7,8)14-17-43/h10-11,18-20,35H,9,12-17,21-22H2,1-8H3,(H,44,45). The third kappa shape index (κ3) is 7.78. The number of nitrogens with zero attached hydrogens (tertiary/aromatic N) is 3. The van der Waals surface area contributed by atoms with E-state index in [0.29, 0.717) is 43.1 Å². The van der Waals surface area contributed by atoms with Crippen molar-refractivity contribution in [2.75, 3.05) is 31.1 Å². The molecule has 2 aromatic carbocycles. The van der Waals surface area contributed by atoms with Gasteiger partial charge in [-0.05, 0) is 89.0 Å². The monoisotopic (exact) mass is 649 g/mol. The number of fused-ring (bicyclic) bond motifs is 1. The highest BCUT2D eigenvalue weighted by Gasteiger charge is 2.36. The van der Waals surface area contributed by atoms with Crippen LogP contribution in [-0.4, -0.2) is 52.8 Å². The lowest BCUT2D eigenvalue weighted by atomic mass is 9.81. The smallest absolute Gasteiger partial charge is 0.337 e. The van der Waals surface area contributed by atoms with Crippen molar-refractivity contribution in [1.29, 1.82) is 0 Å². The first-order valence-electron chi connectivity index (χ1n) is 16.7. The van der Waals surface area contributed by atoms with Gasteiger partial charge in [-0.15, -0.1) is 0 Å². The van der Waals surface area contributed by atoms with Crippen LogP contribution in [0.2, 0.25) is 0 Å². The van der Waals surface area contributed by atoms with Gasteiger partial charge < -0.3 is 19.5 Å². The summed E-state index contributed by atoms with van der Waals surface area (Å²) in [5, 5.41) is 10.5. The molecule has 1 saturated heterocycles. The molecule has 2 aliphatic heterocycles. The van der Waals surface area contributed by atoms with Gasteiger partial charge in [0, 0.05) is 66.9 Å². The lowest BCUT2D eigenvalue weighted by molar-refractivity contribution is -0.160. The summed E-state index contributed by atoms with van der Waals surface area (Å²) in [7, 11) is 0. The molecule has 3 aromatic rings. The first kappa shape index (κ1) is 34.8. The predicted octanol–water partition coefficient (Wildman–Crippen LogP) is 8.17. The van der Waals surface area contributed by atoms with Crippen LogP contribution in [-0.2, 0) is 29.0 Å². The number of piperidine rings is 1. The molecule has 1 atom stereocenters. The van der Waals surface area contributed by atoms with Gasteiger partial charge in [-0.3, -0.25) is 9.88 Å². The first-order valence-corrected chi connectivity index (χ1v) is 16.7. The Labute approximate surface area is 277 Å². The molecule has 0 amide bonds. The van der Waals surface area contributed by atoms with Crippen LogP contribution in [0.4, 0.5) is 14.5 Å². The van der Waals surface area contributed by atoms with Crippen molar-refractivity contribution >= 4 is 11.7 Å². The van der Waals surface area contributed by atoms with E-state index in [1.54, 1.807) is 6.92 Å². The highest BCUT2D eigenvalue weighted by atomic mass is 19.1. The van der Waals surface area contributed by atoms with E-state index in [-0.39, 0.29) is 11.2 Å². The molecule has 0 aliphatic carbocycles. The number of benzene rings is 2. The van der Waals surface area contributed by atoms with E-state index in [0.717, 1.165) is 66.5 Å². The zero-order valence-electron chi connectivity index (χ0n) is 29.1. The lowest BCUT2D eigenvalue weighted by Crippen LogP contribution is -2.39. The van der Waals surface area contributed by atoms with E-state index in [9.17, 15) is 18.7 Å². The fourth-order valence-electron chi connectivity index (χ4n) is 6.86. The number of anilines is 1. The van der Waals surface area contributed by atoms with Gasteiger partial charge in [0.15, 0.2) is 17.7 Å². The Morgan fingerprint density at radius 3 is 2.36 bits per heavy atom. The quantitative estimate of drug-likeness (QED) is 0.251. The summed E-state index contributed by atoms with van der Waals surface area (Å²) in [5.74, 6) is -2.23. The molecule has 5 rings (SSSR count). The van der Waals surface area contributed by atoms with Crippen LogP contribution >= 0.6 is 0 Å². The topological polar surface area (TPSA) is 75.1 Å². The van der Waals surface area contributed by atoms with Crippen LogP contribution in [0.3, 0.4) is 0 Å². The molecule has 1 unspecified atom stereocenters. The first-order chi connectivity index (χ1) is 22.1. The second-order valence-electron chi connectivity index (χ2n) is 14.8. The largest absolute Gasteiger partial charge is 0.491 e. The lowest BCUT2D eigenvalue weighted by Gasteiger charge is -2.41. The molecule has 47 heavy (non-hydrogen) atoms. The fraction of sp³-hybridized carbons (Fsp3) is 0.526. The summed E-state index contributed by atoms with van der Waals surface area (Å²) in [6.07, 6.45) is 1.57. The van der Waals surface area contributed by atoms with Crippen molar-refractivity contribution in [2.45, 2.75) is 99.4 Å². The Morgan fingerprint density at radius 1 is 1.02 bits per heavy atom. The normalized spacial score (nSPS) is 17.4. The minimum absolute atomic E-state index is 0.0681. The van der Waals surface area contributed by atoms with Crippen LogP contribution in [0.25, 0.3) is 11.1 Å². The summed E-state index contributed by atoms with van der Waals surface area (Å²) in [6.45, 7) is 19.4. The number of pyridine rings is 1. The SMILES string of the molecule is CCOc1cc(CN2CCc3cc(-c4c(C)nc(C)c(C(OC(C)(C)C)C(=O)O)c4N4CCC(C)(C)CC4)ccc3C2)c(F)cc1F. The van der Waals surface area contributed by atoms with Gasteiger partial charge in [-0.1, -0.05) is 32.0 Å². The highest BCUT2D eigenvalue weighted by Crippen LogP contribution is 2.45. The summed E-state index contributed by atoms with van der Waals surface area (Å²) >= 11 is 0. The van der Waals surface area contributed by atoms with Gasteiger partial charge in [0.2, 0.25) is 0 Å². The third-order valence-corrected chi connectivity index (χ3v) is 9.35. The number of aliphatic carboxylic acids is 1. The average molecular weight is 650 g/mol. The van der Waals surface area contributed by atoms with Gasteiger partial charge in [0.1, 0.15) is 5.82 Å². The Hall–Kier alpha value is -3.56. The average Bonchev–Trinajstić information content (AvgIpc) is 2.98. The molecule has 7 nitrogen and oxygen atoms in total. The minimum atomic E-state index is -1.17. The Morgan fingerprint density at radius 2 is 1.72 bits per heavy atom. The van der Waals surface area contributed by atoms with Crippen LogP contribution in [0.5, 0.6) is 5.75 Å². The van der Waals surface area contributed by atoms with Crippen molar-refractivity contribution < 1.29 is 28.2 Å². The number of carboxylic acids is 1. The van der Waals surface area contributed by atoms with Crippen LogP contribution in [0.15, 0.2) is 30.3 Å². The maximum atomic E-state index is 14.7. The highest BCUT2D eigenvalue weighted by molar-refractivity contribution is 5.88. The zero-order valence-corrected chi connectivity index (χ0v) is 29.1. The second-order valence-corrected chi connectivity index (χ2v) is 14.8. The summed E-state index contributed by atoms with van der Waals surface area (Å²) < 4.78 is 40.5. The maximum absolute atomic E-state index is 14.7. The predicted molar refractivity (Wildman–Crippen MR) is 181 cm³/mol. The summed E-state index contributed by atoms with van der Waals surface area (Å²) in [6, 6.07) is 8.79. The molecule has 2 aliphatic rings. The van der Waals surface area contributed by atoms with Crippen molar-refractivity contribution in [3.63, 3.8) is 0 Å². The van der Waals surface area contributed by atoms with E-state index in [4.69, 9.17) is 14.5 Å². The van der Waals surface area contributed by atoms with E-state index in [1.807, 2.05) is 34.6 Å². The molecule has 1 fully saturated rings. The Bertz CT molecular complexity index is 1640. The number of rotatable bonds is 9. The zero-order chi connectivity index (χ0) is 34.3. The Kier molecular flexibility index (Phi) is 10.00. The van der Waals surface area contributed by atoms with Crippen LogP contribution in [0.1, 0.15) is 94.1 Å². The number of hydrogen-bond donors (Lipinski definition) is 1. The van der Waals surface area contributed by atoms with Crippen molar-refractivity contribution in [3.8, 4) is 16.9 Å². The molecule has 0 bridgehead atoms. The van der Waals surface area contributed by atoms with Crippen molar-refractivity contribution in [3.05, 3.63) is 75.6 Å². The summed E-state index contributed by atoms with van der Waals surface area (Å²) in [4.78, 5) is 22.2. The number of hydrogen-bond acceptors (Lipinski definition) is 6. The van der Waals surface area contributed by atoms with Gasteiger partial charge in [-0.25, -0.2) is 13.6 Å². The maximum Gasteiger partial charge on any atom is 0.337 e. The molecule has 254 valence electrons. The molecule has 9 heteroatoms. The van der Waals surface area contributed by atoms with Crippen LogP contribution in [0, 0.1) is 30.9 Å². The van der Waals surface area contributed by atoms with Crippen molar-refractivity contribution in [1.82, 2.24) is 9.88 Å².